The quantitative estimate of drug-likeness (QED) is 0.240. The molecule has 0 fully saturated rings. The molecule has 0 atom stereocenters. The zero-order chi connectivity index (χ0) is 22.2. The molecule has 0 amide bonds. The second kappa shape index (κ2) is 11.2. The first-order valence-corrected chi connectivity index (χ1v) is 11.6. The number of unbranched alkanes of at least 4 members (excludes halogenated alkanes) is 6. The summed E-state index contributed by atoms with van der Waals surface area (Å²) in [5.41, 5.74) is 5.33. The highest BCUT2D eigenvalue weighted by Gasteiger charge is 2.14. The Balaban J connectivity index is 1.84. The summed E-state index contributed by atoms with van der Waals surface area (Å²) in [5.74, 6) is 0.265. The molecule has 0 saturated carbocycles. The van der Waals surface area contributed by atoms with Crippen LogP contribution in [0.4, 0.5) is 5.69 Å². The van der Waals surface area contributed by atoms with Gasteiger partial charge >= 0.3 is 0 Å². The molecule has 0 aliphatic rings. The average Bonchev–Trinajstić information content (AvgIpc) is 3.13. The lowest BCUT2D eigenvalue weighted by Gasteiger charge is -2.16. The molecule has 0 spiro atoms. The number of rotatable bonds is 11. The van der Waals surface area contributed by atoms with E-state index in [1.165, 1.54) is 38.5 Å². The van der Waals surface area contributed by atoms with Crippen molar-refractivity contribution in [2.75, 3.05) is 11.9 Å². The van der Waals surface area contributed by atoms with Crippen molar-refractivity contribution in [3.8, 4) is 5.69 Å². The standard InChI is InChI=1S/C25H33ClN4O/c1-4-5-6-7-8-9-10-13-27-25-20(16-19(3)31)14-18(2)15-24(25)30-28-22-12-11-21(26)17-23(22)29-30/h11-12,14-17,27,31H,4-10,13H2,1-3H3. The van der Waals surface area contributed by atoms with Gasteiger partial charge in [0.15, 0.2) is 0 Å². The number of benzene rings is 2. The first-order valence-electron chi connectivity index (χ1n) is 11.3. The molecule has 31 heavy (non-hydrogen) atoms. The number of allylic oxidation sites excluding steroid dienone is 1. The van der Waals surface area contributed by atoms with E-state index in [1.54, 1.807) is 17.8 Å². The van der Waals surface area contributed by atoms with Crippen molar-refractivity contribution < 1.29 is 5.11 Å². The number of nitrogens with zero attached hydrogens (tertiary/aromatic N) is 3. The van der Waals surface area contributed by atoms with Crippen LogP contribution < -0.4 is 5.32 Å². The lowest BCUT2D eigenvalue weighted by molar-refractivity contribution is 0.420. The predicted molar refractivity (Wildman–Crippen MR) is 131 cm³/mol. The molecular formula is C25H33ClN4O. The van der Waals surface area contributed by atoms with E-state index in [0.29, 0.717) is 5.02 Å². The first kappa shape index (κ1) is 23.1. The molecule has 3 rings (SSSR count). The SMILES string of the molecule is CCCCCCCCCNc1c(C=C(C)O)cc(C)cc1-n1nc2ccc(Cl)cc2n1. The topological polar surface area (TPSA) is 63.0 Å². The van der Waals surface area contributed by atoms with Gasteiger partial charge < -0.3 is 10.4 Å². The van der Waals surface area contributed by atoms with Crippen LogP contribution in [0.1, 0.15) is 69.9 Å². The highest BCUT2D eigenvalue weighted by Crippen LogP contribution is 2.29. The monoisotopic (exact) mass is 440 g/mol. The van der Waals surface area contributed by atoms with Gasteiger partial charge in [-0.1, -0.05) is 57.0 Å². The number of aryl methyl sites for hydroxylation is 1. The number of fused-ring (bicyclic) bond motifs is 1. The van der Waals surface area contributed by atoms with E-state index in [1.807, 2.05) is 25.1 Å². The summed E-state index contributed by atoms with van der Waals surface area (Å²) in [7, 11) is 0. The second-order valence-corrected chi connectivity index (χ2v) is 8.64. The molecule has 0 radical (unpaired) electrons. The summed E-state index contributed by atoms with van der Waals surface area (Å²) in [6.07, 6.45) is 10.6. The molecule has 166 valence electrons. The second-order valence-electron chi connectivity index (χ2n) is 8.20. The van der Waals surface area contributed by atoms with E-state index in [-0.39, 0.29) is 5.76 Å². The Labute approximate surface area is 190 Å². The zero-order valence-corrected chi connectivity index (χ0v) is 19.5. The van der Waals surface area contributed by atoms with Crippen LogP contribution in [-0.4, -0.2) is 26.6 Å². The summed E-state index contributed by atoms with van der Waals surface area (Å²) in [5, 5.41) is 23.5. The first-order chi connectivity index (χ1) is 15.0. The van der Waals surface area contributed by atoms with E-state index in [2.05, 4.69) is 34.6 Å². The molecule has 0 aliphatic carbocycles. The van der Waals surface area contributed by atoms with Crippen molar-refractivity contribution in [2.45, 2.75) is 65.7 Å². The molecule has 5 nitrogen and oxygen atoms in total. The highest BCUT2D eigenvalue weighted by atomic mass is 35.5. The summed E-state index contributed by atoms with van der Waals surface area (Å²) < 4.78 is 0. The number of aliphatic hydroxyl groups is 1. The van der Waals surface area contributed by atoms with Gasteiger partial charge in [-0.25, -0.2) is 0 Å². The van der Waals surface area contributed by atoms with Gasteiger partial charge in [-0.15, -0.1) is 15.0 Å². The molecule has 0 saturated heterocycles. The lowest BCUT2D eigenvalue weighted by atomic mass is 10.1. The largest absolute Gasteiger partial charge is 0.513 e. The van der Waals surface area contributed by atoms with E-state index in [4.69, 9.17) is 11.6 Å². The number of anilines is 1. The molecule has 3 aromatic rings. The van der Waals surface area contributed by atoms with Crippen molar-refractivity contribution in [3.05, 3.63) is 52.2 Å². The van der Waals surface area contributed by atoms with Crippen LogP contribution >= 0.6 is 11.6 Å². The highest BCUT2D eigenvalue weighted by molar-refractivity contribution is 6.31. The minimum Gasteiger partial charge on any atom is -0.513 e. The number of aliphatic hydroxyl groups excluding tert-OH is 1. The molecule has 0 aliphatic heterocycles. The number of halogens is 1. The Bertz CT molecular complexity index is 1040. The van der Waals surface area contributed by atoms with Gasteiger partial charge in [0.2, 0.25) is 0 Å². The van der Waals surface area contributed by atoms with E-state index < -0.39 is 0 Å². The van der Waals surface area contributed by atoms with Crippen LogP contribution in [0.5, 0.6) is 0 Å². The summed E-state index contributed by atoms with van der Waals surface area (Å²) in [6.45, 7) is 6.83. The number of hydrogen-bond donors (Lipinski definition) is 2. The molecule has 0 bridgehead atoms. The van der Waals surface area contributed by atoms with E-state index in [0.717, 1.165) is 46.5 Å². The van der Waals surface area contributed by atoms with E-state index >= 15 is 0 Å². The number of nitrogens with one attached hydrogen (secondary N) is 1. The molecule has 1 heterocycles. The third-order valence-corrected chi connectivity index (χ3v) is 5.53. The van der Waals surface area contributed by atoms with Gasteiger partial charge in [-0.2, -0.15) is 0 Å². The van der Waals surface area contributed by atoms with Crippen LogP contribution in [0, 0.1) is 6.92 Å². The van der Waals surface area contributed by atoms with Crippen LogP contribution in [0.15, 0.2) is 36.1 Å². The molecular weight excluding hydrogens is 408 g/mol. The summed E-state index contributed by atoms with van der Waals surface area (Å²) >= 11 is 6.13. The third kappa shape index (κ3) is 6.47. The maximum Gasteiger partial charge on any atom is 0.115 e. The number of aromatic nitrogens is 3. The molecule has 2 N–H and O–H groups in total. The zero-order valence-electron chi connectivity index (χ0n) is 18.8. The fourth-order valence-corrected chi connectivity index (χ4v) is 3.94. The van der Waals surface area contributed by atoms with Gasteiger partial charge in [0.05, 0.1) is 11.4 Å². The molecule has 1 aromatic heterocycles. The predicted octanol–water partition coefficient (Wildman–Crippen LogP) is 7.46. The van der Waals surface area contributed by atoms with Gasteiger partial charge in [0.1, 0.15) is 16.7 Å². The maximum atomic E-state index is 9.92. The molecule has 0 unspecified atom stereocenters. The van der Waals surface area contributed by atoms with Gasteiger partial charge in [0, 0.05) is 17.1 Å². The van der Waals surface area contributed by atoms with Crippen molar-refractivity contribution in [2.24, 2.45) is 0 Å². The third-order valence-electron chi connectivity index (χ3n) is 5.30. The maximum absolute atomic E-state index is 9.92. The molecule has 2 aromatic carbocycles. The van der Waals surface area contributed by atoms with Crippen LogP contribution in [0.2, 0.25) is 5.02 Å². The van der Waals surface area contributed by atoms with Crippen LogP contribution in [0.3, 0.4) is 0 Å². The smallest absolute Gasteiger partial charge is 0.115 e. The Morgan fingerprint density at radius 3 is 2.48 bits per heavy atom. The van der Waals surface area contributed by atoms with Crippen LogP contribution in [0.25, 0.3) is 22.8 Å². The van der Waals surface area contributed by atoms with Crippen molar-refractivity contribution in [1.82, 2.24) is 15.0 Å². The Hall–Kier alpha value is -2.53. The fraction of sp³-hybridized carbons (Fsp3) is 0.440. The summed E-state index contributed by atoms with van der Waals surface area (Å²) in [4.78, 5) is 1.66. The van der Waals surface area contributed by atoms with Crippen LogP contribution in [-0.2, 0) is 0 Å². The van der Waals surface area contributed by atoms with Crippen molar-refractivity contribution >= 4 is 34.4 Å². The van der Waals surface area contributed by atoms with Crippen molar-refractivity contribution in [3.63, 3.8) is 0 Å². The average molecular weight is 441 g/mol. The van der Waals surface area contributed by atoms with Gasteiger partial charge in [-0.05, 0) is 62.2 Å². The normalized spacial score (nSPS) is 11.9. The number of hydrogen-bond acceptors (Lipinski definition) is 4. The van der Waals surface area contributed by atoms with Gasteiger partial charge in [0.25, 0.3) is 0 Å². The lowest BCUT2D eigenvalue weighted by Crippen LogP contribution is -2.10. The Kier molecular flexibility index (Phi) is 8.35. The minimum absolute atomic E-state index is 0.265. The fourth-order valence-electron chi connectivity index (χ4n) is 3.77. The van der Waals surface area contributed by atoms with Gasteiger partial charge in [-0.3, -0.25) is 0 Å². The Morgan fingerprint density at radius 2 is 1.74 bits per heavy atom. The van der Waals surface area contributed by atoms with Crippen molar-refractivity contribution in [1.29, 1.82) is 0 Å². The Morgan fingerprint density at radius 1 is 1.03 bits per heavy atom. The molecule has 6 heteroatoms. The van der Waals surface area contributed by atoms with E-state index in [9.17, 15) is 5.11 Å². The minimum atomic E-state index is 0.265. The summed E-state index contributed by atoms with van der Waals surface area (Å²) in [6, 6.07) is 9.65.